The fourth-order valence-electron chi connectivity index (χ4n) is 1.06. The van der Waals surface area contributed by atoms with Crippen LogP contribution in [0.15, 0.2) is 47.6 Å². The molecule has 0 radical (unpaired) electrons. The first-order valence-corrected chi connectivity index (χ1v) is 4.13. The molecule has 5 heteroatoms. The molecule has 1 aliphatic heterocycles. The molecule has 0 fully saturated rings. The van der Waals surface area contributed by atoms with Gasteiger partial charge >= 0.3 is 0 Å². The van der Waals surface area contributed by atoms with Crippen LogP contribution < -0.4 is 10.9 Å². The summed E-state index contributed by atoms with van der Waals surface area (Å²) >= 11 is 0. The molecule has 2 N–H and O–H groups in total. The van der Waals surface area contributed by atoms with E-state index in [2.05, 4.69) is 15.8 Å². The van der Waals surface area contributed by atoms with Crippen molar-refractivity contribution in [2.75, 3.05) is 0 Å². The molecule has 1 aromatic carbocycles. The number of nitrogens with zero attached hydrogens (tertiary/aromatic N) is 2. The lowest BCUT2D eigenvalue weighted by Crippen LogP contribution is -2.45. The number of hydrogen-bond acceptors (Lipinski definition) is 3. The van der Waals surface area contributed by atoms with Crippen molar-refractivity contribution in [3.63, 3.8) is 0 Å². The standard InChI is InChI=1S/C9H9FN4/c10-14-11-7-6-9(13-14)12-8-4-2-1-3-5-8/h1-7,11H,(H,12,13). The summed E-state index contributed by atoms with van der Waals surface area (Å²) in [7, 11) is 0. The lowest BCUT2D eigenvalue weighted by Gasteiger charge is -2.17. The predicted octanol–water partition coefficient (Wildman–Crippen LogP) is 1.44. The molecule has 2 rings (SSSR count). The van der Waals surface area contributed by atoms with Gasteiger partial charge in [-0.2, -0.15) is 0 Å². The average molecular weight is 192 g/mol. The molecule has 0 amide bonds. The number of halogens is 1. The number of amidine groups is 1. The summed E-state index contributed by atoms with van der Waals surface area (Å²) < 4.78 is 12.6. The summed E-state index contributed by atoms with van der Waals surface area (Å²) in [5.41, 5.74) is 5.45. The molecular formula is C9H9FN4. The van der Waals surface area contributed by atoms with E-state index >= 15 is 0 Å². The minimum absolute atomic E-state index is 0.238. The summed E-state index contributed by atoms with van der Waals surface area (Å²) in [5.74, 6) is 0.442. The molecule has 0 spiro atoms. The van der Waals surface area contributed by atoms with Gasteiger partial charge in [-0.1, -0.05) is 22.7 Å². The number of hydrogen-bond donors (Lipinski definition) is 2. The van der Waals surface area contributed by atoms with E-state index in [1.54, 1.807) is 6.08 Å². The molecule has 0 bridgehead atoms. The smallest absolute Gasteiger partial charge is 0.145 e. The van der Waals surface area contributed by atoms with Gasteiger partial charge in [0, 0.05) is 11.5 Å². The zero-order valence-electron chi connectivity index (χ0n) is 7.31. The largest absolute Gasteiger partial charge is 0.280 e. The first-order valence-electron chi connectivity index (χ1n) is 4.13. The van der Waals surface area contributed by atoms with Crippen LogP contribution in [0.4, 0.5) is 10.2 Å². The van der Waals surface area contributed by atoms with Crippen LogP contribution in [0, 0.1) is 0 Å². The molecule has 1 heterocycles. The molecule has 0 aromatic heterocycles. The summed E-state index contributed by atoms with van der Waals surface area (Å²) in [6.07, 6.45) is 3.10. The van der Waals surface area contributed by atoms with Gasteiger partial charge in [-0.05, 0) is 18.2 Å². The second-order valence-corrected chi connectivity index (χ2v) is 2.69. The molecular weight excluding hydrogens is 183 g/mol. The van der Waals surface area contributed by atoms with Crippen LogP contribution in [0.3, 0.4) is 0 Å². The quantitative estimate of drug-likeness (QED) is 0.661. The first-order chi connectivity index (χ1) is 6.84. The number of hydrazine groups is 2. The Bertz CT molecular complexity index is 360. The number of aliphatic imine (C=N–C) groups is 1. The van der Waals surface area contributed by atoms with Crippen LogP contribution in [0.2, 0.25) is 0 Å². The fraction of sp³-hybridized carbons (Fsp3) is 0. The molecule has 4 nitrogen and oxygen atoms in total. The maximum absolute atomic E-state index is 12.6. The van der Waals surface area contributed by atoms with E-state index in [4.69, 9.17) is 0 Å². The summed E-state index contributed by atoms with van der Waals surface area (Å²) in [6.45, 7) is 0. The monoisotopic (exact) mass is 192 g/mol. The Hall–Kier alpha value is -1.88. The molecule has 0 aliphatic carbocycles. The summed E-state index contributed by atoms with van der Waals surface area (Å²) in [5, 5.41) is 0.238. The molecule has 14 heavy (non-hydrogen) atoms. The van der Waals surface area contributed by atoms with Crippen molar-refractivity contribution in [2.45, 2.75) is 0 Å². The third-order valence-corrected chi connectivity index (χ3v) is 1.65. The lowest BCUT2D eigenvalue weighted by atomic mass is 10.3. The third-order valence-electron chi connectivity index (χ3n) is 1.65. The first kappa shape index (κ1) is 8.71. The van der Waals surface area contributed by atoms with E-state index < -0.39 is 0 Å². The Morgan fingerprint density at radius 2 is 2.00 bits per heavy atom. The van der Waals surface area contributed by atoms with Crippen molar-refractivity contribution in [3.8, 4) is 0 Å². The van der Waals surface area contributed by atoms with Crippen LogP contribution >= 0.6 is 0 Å². The lowest BCUT2D eigenvalue weighted by molar-refractivity contribution is -0.0484. The average Bonchev–Trinajstić information content (AvgIpc) is 2.19. The van der Waals surface area contributed by atoms with Gasteiger partial charge in [0.1, 0.15) is 5.84 Å². The van der Waals surface area contributed by atoms with Gasteiger partial charge in [0.15, 0.2) is 0 Å². The Labute approximate surface area is 80.6 Å². The van der Waals surface area contributed by atoms with Gasteiger partial charge in [-0.15, -0.1) is 0 Å². The van der Waals surface area contributed by atoms with E-state index in [1.807, 2.05) is 30.3 Å². The van der Waals surface area contributed by atoms with E-state index in [9.17, 15) is 4.48 Å². The zero-order valence-corrected chi connectivity index (χ0v) is 7.31. The minimum Gasteiger partial charge on any atom is -0.280 e. The Morgan fingerprint density at radius 3 is 2.71 bits per heavy atom. The van der Waals surface area contributed by atoms with Crippen molar-refractivity contribution in [3.05, 3.63) is 42.6 Å². The number of benzene rings is 1. The number of rotatable bonds is 1. The highest BCUT2D eigenvalue weighted by atomic mass is 19.2. The molecule has 0 saturated heterocycles. The van der Waals surface area contributed by atoms with Crippen LogP contribution in [0.25, 0.3) is 0 Å². The molecule has 0 unspecified atom stereocenters. The second-order valence-electron chi connectivity index (χ2n) is 2.69. The predicted molar refractivity (Wildman–Crippen MR) is 51.9 cm³/mol. The zero-order chi connectivity index (χ0) is 9.80. The Kier molecular flexibility index (Phi) is 2.42. The molecule has 1 aromatic rings. The van der Waals surface area contributed by atoms with E-state index in [0.717, 1.165) is 5.69 Å². The SMILES string of the molecule is FN1NC=CC(=Nc2ccccc2)N1. The highest BCUT2D eigenvalue weighted by molar-refractivity contribution is 5.94. The van der Waals surface area contributed by atoms with Crippen LogP contribution in [0.1, 0.15) is 0 Å². The molecule has 1 aliphatic rings. The highest BCUT2D eigenvalue weighted by Crippen LogP contribution is 2.10. The van der Waals surface area contributed by atoms with Crippen molar-refractivity contribution >= 4 is 11.5 Å². The maximum Gasteiger partial charge on any atom is 0.145 e. The molecule has 72 valence electrons. The Balaban J connectivity index is 2.19. The van der Waals surface area contributed by atoms with Gasteiger partial charge in [0.2, 0.25) is 0 Å². The Morgan fingerprint density at radius 1 is 1.21 bits per heavy atom. The van der Waals surface area contributed by atoms with Crippen LogP contribution in [-0.2, 0) is 0 Å². The maximum atomic E-state index is 12.6. The van der Waals surface area contributed by atoms with Crippen molar-refractivity contribution in [2.24, 2.45) is 4.99 Å². The van der Waals surface area contributed by atoms with E-state index in [-0.39, 0.29) is 5.34 Å². The van der Waals surface area contributed by atoms with Crippen molar-refractivity contribution in [1.29, 1.82) is 0 Å². The van der Waals surface area contributed by atoms with Gasteiger partial charge < -0.3 is 0 Å². The van der Waals surface area contributed by atoms with E-state index in [1.165, 1.54) is 6.20 Å². The normalized spacial score (nSPS) is 19.1. The van der Waals surface area contributed by atoms with Crippen molar-refractivity contribution in [1.82, 2.24) is 16.2 Å². The summed E-state index contributed by atoms with van der Waals surface area (Å²) in [6, 6.07) is 9.33. The van der Waals surface area contributed by atoms with Crippen LogP contribution in [0.5, 0.6) is 0 Å². The van der Waals surface area contributed by atoms with Gasteiger partial charge in [-0.3, -0.25) is 10.9 Å². The van der Waals surface area contributed by atoms with Crippen molar-refractivity contribution < 1.29 is 4.48 Å². The number of para-hydroxylation sites is 1. The van der Waals surface area contributed by atoms with Gasteiger partial charge in [0.05, 0.1) is 5.69 Å². The van der Waals surface area contributed by atoms with Gasteiger partial charge in [-0.25, -0.2) is 4.99 Å². The fourth-order valence-corrected chi connectivity index (χ4v) is 1.06. The molecule has 0 atom stereocenters. The third kappa shape index (κ3) is 2.08. The highest BCUT2D eigenvalue weighted by Gasteiger charge is 2.06. The minimum atomic E-state index is 0.238. The second kappa shape index (κ2) is 3.89. The van der Waals surface area contributed by atoms with E-state index in [0.29, 0.717) is 5.84 Å². The summed E-state index contributed by atoms with van der Waals surface area (Å²) in [4.78, 5) is 4.17. The number of nitrogens with one attached hydrogen (secondary N) is 2. The van der Waals surface area contributed by atoms with Gasteiger partial charge in [0.25, 0.3) is 0 Å². The molecule has 0 saturated carbocycles. The van der Waals surface area contributed by atoms with Crippen LogP contribution in [-0.4, -0.2) is 11.2 Å². The topological polar surface area (TPSA) is 39.7 Å².